The minimum atomic E-state index is -3.65. The van der Waals surface area contributed by atoms with E-state index in [-0.39, 0.29) is 47.9 Å². The molecule has 1 aromatic carbocycles. The van der Waals surface area contributed by atoms with Crippen LogP contribution < -0.4 is 10.6 Å². The highest BCUT2D eigenvalue weighted by Crippen LogP contribution is 2.35. The van der Waals surface area contributed by atoms with Crippen molar-refractivity contribution in [2.75, 3.05) is 25.0 Å². The smallest absolute Gasteiger partial charge is 0.325 e. The van der Waals surface area contributed by atoms with Gasteiger partial charge < -0.3 is 15.4 Å². The molecule has 2 atom stereocenters. The van der Waals surface area contributed by atoms with E-state index in [0.29, 0.717) is 38.0 Å². The number of carbonyl (C=O) groups is 3. The molecule has 10 nitrogen and oxygen atoms in total. The Balaban J connectivity index is 1.28. The Hall–Kier alpha value is -2.50. The number of nitrogens with one attached hydrogen (secondary N) is 2. The molecule has 1 spiro atoms. The van der Waals surface area contributed by atoms with E-state index in [1.165, 1.54) is 21.3 Å². The van der Waals surface area contributed by atoms with Crippen molar-refractivity contribution in [1.29, 1.82) is 0 Å². The molecule has 1 aliphatic carbocycles. The van der Waals surface area contributed by atoms with E-state index < -0.39 is 15.6 Å². The van der Waals surface area contributed by atoms with Crippen LogP contribution in [0.25, 0.3) is 0 Å². The number of morpholine rings is 1. The minimum absolute atomic E-state index is 0.133. The average Bonchev–Trinajstić information content (AvgIpc) is 3.33. The normalized spacial score (nSPS) is 25.1. The molecule has 0 aromatic heterocycles. The number of sulfonamides is 1. The number of carbonyl (C=O) groups excluding carboxylic acids is 3. The van der Waals surface area contributed by atoms with Gasteiger partial charge in [-0.3, -0.25) is 14.5 Å². The lowest BCUT2D eigenvalue weighted by Gasteiger charge is -2.34. The van der Waals surface area contributed by atoms with Crippen molar-refractivity contribution >= 4 is 33.6 Å². The summed E-state index contributed by atoms with van der Waals surface area (Å²) in [6.07, 6.45) is 3.31. The number of amides is 4. The Morgan fingerprint density at radius 2 is 1.74 bits per heavy atom. The third-order valence-corrected chi connectivity index (χ3v) is 8.50. The number of ether oxygens (including phenoxy) is 1. The van der Waals surface area contributed by atoms with E-state index in [4.69, 9.17) is 4.74 Å². The molecule has 186 valence electrons. The summed E-state index contributed by atoms with van der Waals surface area (Å²) in [7, 11) is -3.65. The van der Waals surface area contributed by atoms with Crippen LogP contribution in [0.5, 0.6) is 0 Å². The first-order valence-corrected chi connectivity index (χ1v) is 13.2. The topological polar surface area (TPSA) is 125 Å². The Morgan fingerprint density at radius 1 is 1.12 bits per heavy atom. The second-order valence-electron chi connectivity index (χ2n) is 9.43. The van der Waals surface area contributed by atoms with Crippen molar-refractivity contribution < 1.29 is 27.5 Å². The van der Waals surface area contributed by atoms with Crippen LogP contribution in [0.1, 0.15) is 52.4 Å². The third kappa shape index (κ3) is 4.96. The van der Waals surface area contributed by atoms with E-state index >= 15 is 0 Å². The molecule has 0 radical (unpaired) electrons. The van der Waals surface area contributed by atoms with Gasteiger partial charge in [-0.05, 0) is 57.4 Å². The second-order valence-corrected chi connectivity index (χ2v) is 11.4. The summed E-state index contributed by atoms with van der Waals surface area (Å²) in [5, 5.41) is 5.57. The molecule has 2 saturated heterocycles. The van der Waals surface area contributed by atoms with Crippen LogP contribution in [-0.2, 0) is 24.3 Å². The Labute approximate surface area is 200 Å². The van der Waals surface area contributed by atoms with Crippen molar-refractivity contribution in [2.24, 2.45) is 0 Å². The second kappa shape index (κ2) is 9.63. The standard InChI is InChI=1S/C23H32N4O6S/c1-16-14-26(15-17(2)33-16)34(31,32)19-9-7-18(8-10-19)24-20(28)6-5-13-27-21(29)23(25-22(27)30)11-3-4-12-23/h7-10,16-17H,3-6,11-15H2,1-2H3,(H,24,28)(H,25,30). The Kier molecular flexibility index (Phi) is 6.97. The fourth-order valence-electron chi connectivity index (χ4n) is 5.00. The van der Waals surface area contributed by atoms with Gasteiger partial charge in [0.2, 0.25) is 15.9 Å². The number of benzene rings is 1. The SMILES string of the molecule is CC1CN(S(=O)(=O)c2ccc(NC(=O)CCCN3C(=O)NC4(CCCC4)C3=O)cc2)CC(C)O1. The summed E-state index contributed by atoms with van der Waals surface area (Å²) in [5.41, 5.74) is -0.258. The molecular weight excluding hydrogens is 460 g/mol. The molecule has 2 aliphatic heterocycles. The summed E-state index contributed by atoms with van der Waals surface area (Å²) in [5.74, 6) is -0.453. The lowest BCUT2D eigenvalue weighted by molar-refractivity contribution is -0.131. The minimum Gasteiger partial charge on any atom is -0.373 e. The number of rotatable bonds is 7. The fourth-order valence-corrected chi connectivity index (χ4v) is 6.59. The Bertz CT molecular complexity index is 1040. The first-order chi connectivity index (χ1) is 16.1. The summed E-state index contributed by atoms with van der Waals surface area (Å²) >= 11 is 0. The molecule has 2 heterocycles. The lowest BCUT2D eigenvalue weighted by atomic mass is 9.98. The summed E-state index contributed by atoms with van der Waals surface area (Å²) < 4.78 is 32.9. The maximum Gasteiger partial charge on any atom is 0.325 e. The first-order valence-electron chi connectivity index (χ1n) is 11.8. The number of imide groups is 1. The summed E-state index contributed by atoms with van der Waals surface area (Å²) in [6, 6.07) is 5.68. The average molecular weight is 493 g/mol. The molecule has 3 fully saturated rings. The van der Waals surface area contributed by atoms with Crippen LogP contribution in [0.4, 0.5) is 10.5 Å². The van der Waals surface area contributed by atoms with Gasteiger partial charge in [-0.2, -0.15) is 4.31 Å². The summed E-state index contributed by atoms with van der Waals surface area (Å²) in [4.78, 5) is 38.6. The molecule has 34 heavy (non-hydrogen) atoms. The van der Waals surface area contributed by atoms with Crippen LogP contribution >= 0.6 is 0 Å². The molecule has 2 unspecified atom stereocenters. The lowest BCUT2D eigenvalue weighted by Crippen LogP contribution is -2.48. The number of nitrogens with zero attached hydrogens (tertiary/aromatic N) is 2. The molecule has 1 saturated carbocycles. The Morgan fingerprint density at radius 3 is 2.35 bits per heavy atom. The van der Waals surface area contributed by atoms with Gasteiger partial charge in [-0.15, -0.1) is 0 Å². The van der Waals surface area contributed by atoms with Crippen molar-refractivity contribution in [2.45, 2.75) is 75.0 Å². The zero-order chi connectivity index (χ0) is 24.5. The van der Waals surface area contributed by atoms with Gasteiger partial charge in [0.1, 0.15) is 5.54 Å². The molecular formula is C23H32N4O6S. The quantitative estimate of drug-likeness (QED) is 0.562. The van der Waals surface area contributed by atoms with E-state index in [1.807, 2.05) is 13.8 Å². The van der Waals surface area contributed by atoms with Crippen molar-refractivity contribution in [3.05, 3.63) is 24.3 Å². The number of hydrogen-bond acceptors (Lipinski definition) is 6. The largest absolute Gasteiger partial charge is 0.373 e. The highest BCUT2D eigenvalue weighted by atomic mass is 32.2. The maximum atomic E-state index is 12.9. The van der Waals surface area contributed by atoms with E-state index in [1.54, 1.807) is 12.1 Å². The molecule has 2 N–H and O–H groups in total. The zero-order valence-electron chi connectivity index (χ0n) is 19.6. The van der Waals surface area contributed by atoms with Crippen molar-refractivity contribution in [1.82, 2.24) is 14.5 Å². The van der Waals surface area contributed by atoms with E-state index in [2.05, 4.69) is 10.6 Å². The van der Waals surface area contributed by atoms with Gasteiger partial charge in [0.25, 0.3) is 5.91 Å². The molecule has 0 bridgehead atoms. The highest BCUT2D eigenvalue weighted by Gasteiger charge is 2.52. The van der Waals surface area contributed by atoms with Crippen LogP contribution in [0.2, 0.25) is 0 Å². The van der Waals surface area contributed by atoms with E-state index in [9.17, 15) is 22.8 Å². The zero-order valence-corrected chi connectivity index (χ0v) is 20.4. The van der Waals surface area contributed by atoms with Crippen LogP contribution in [0.3, 0.4) is 0 Å². The first kappa shape index (κ1) is 24.6. The predicted octanol–water partition coefficient (Wildman–Crippen LogP) is 2.07. The van der Waals surface area contributed by atoms with Gasteiger partial charge in [-0.1, -0.05) is 12.8 Å². The number of hydrogen-bond donors (Lipinski definition) is 2. The van der Waals surface area contributed by atoms with E-state index in [0.717, 1.165) is 12.8 Å². The fraction of sp³-hybridized carbons (Fsp3) is 0.609. The predicted molar refractivity (Wildman–Crippen MR) is 125 cm³/mol. The van der Waals surface area contributed by atoms with Crippen molar-refractivity contribution in [3.8, 4) is 0 Å². The van der Waals surface area contributed by atoms with Crippen LogP contribution in [0.15, 0.2) is 29.2 Å². The van der Waals surface area contributed by atoms with Gasteiger partial charge in [-0.25, -0.2) is 13.2 Å². The molecule has 3 aliphatic rings. The van der Waals surface area contributed by atoms with Crippen LogP contribution in [-0.4, -0.2) is 72.8 Å². The van der Waals surface area contributed by atoms with Gasteiger partial charge in [0, 0.05) is 31.7 Å². The monoisotopic (exact) mass is 492 g/mol. The van der Waals surface area contributed by atoms with Gasteiger partial charge in [0.05, 0.1) is 17.1 Å². The molecule has 4 rings (SSSR count). The summed E-state index contributed by atoms with van der Waals surface area (Å²) in [6.45, 7) is 4.46. The van der Waals surface area contributed by atoms with Gasteiger partial charge >= 0.3 is 6.03 Å². The molecule has 4 amide bonds. The number of anilines is 1. The van der Waals surface area contributed by atoms with Crippen molar-refractivity contribution in [3.63, 3.8) is 0 Å². The highest BCUT2D eigenvalue weighted by molar-refractivity contribution is 7.89. The molecule has 1 aromatic rings. The van der Waals surface area contributed by atoms with Gasteiger partial charge in [0.15, 0.2) is 0 Å². The van der Waals surface area contributed by atoms with Crippen LogP contribution in [0, 0.1) is 0 Å². The molecule has 11 heteroatoms. The maximum absolute atomic E-state index is 12.9. The number of urea groups is 1. The third-order valence-electron chi connectivity index (χ3n) is 6.65.